The minimum Gasteiger partial charge on any atom is -0.485 e. The van der Waals surface area contributed by atoms with E-state index in [0.29, 0.717) is 38.3 Å². The number of anilines is 1. The molecule has 0 saturated heterocycles. The molecule has 0 spiro atoms. The van der Waals surface area contributed by atoms with Crippen molar-refractivity contribution in [2.45, 2.75) is 32.2 Å². The van der Waals surface area contributed by atoms with Crippen LogP contribution in [0.4, 0.5) is 5.69 Å². The maximum atomic E-state index is 12.3. The van der Waals surface area contributed by atoms with Crippen LogP contribution in [-0.2, 0) is 17.9 Å². The van der Waals surface area contributed by atoms with Gasteiger partial charge in [0.1, 0.15) is 12.4 Å². The zero-order valence-corrected chi connectivity index (χ0v) is 19.4. The third-order valence-electron chi connectivity index (χ3n) is 4.16. The van der Waals surface area contributed by atoms with Gasteiger partial charge in [0.25, 0.3) is 0 Å². The number of thioether (sulfide) groups is 1. The summed E-state index contributed by atoms with van der Waals surface area (Å²) in [6.07, 6.45) is 0. The van der Waals surface area contributed by atoms with Crippen LogP contribution < -0.4 is 10.1 Å². The number of hydrogen-bond acceptors (Lipinski definition) is 5. The standard InChI is InChI=1S/C20H19Cl3N4O2S/c1-3-27-17(10-29-16-8-7-13(21)9-12(16)2)25-26-20(27)30-11-18(28)24-19-14(22)5-4-6-15(19)23/h4-9H,3,10-11H2,1-2H3,(H,24,28). The molecule has 1 aromatic heterocycles. The topological polar surface area (TPSA) is 69.0 Å². The fraction of sp³-hybridized carbons (Fsp3) is 0.250. The Labute approximate surface area is 193 Å². The van der Waals surface area contributed by atoms with Gasteiger partial charge >= 0.3 is 0 Å². The number of aromatic nitrogens is 3. The largest absolute Gasteiger partial charge is 0.485 e. The van der Waals surface area contributed by atoms with Gasteiger partial charge in [-0.15, -0.1) is 10.2 Å². The molecule has 2 aromatic carbocycles. The maximum absolute atomic E-state index is 12.3. The minimum absolute atomic E-state index is 0.136. The van der Waals surface area contributed by atoms with Crippen LogP contribution in [0.5, 0.6) is 5.75 Å². The number of para-hydroxylation sites is 1. The molecule has 6 nitrogen and oxygen atoms in total. The Bertz CT molecular complexity index is 1040. The molecule has 0 atom stereocenters. The minimum atomic E-state index is -0.241. The molecule has 1 N–H and O–H groups in total. The van der Waals surface area contributed by atoms with E-state index in [1.807, 2.05) is 30.5 Å². The molecule has 10 heteroatoms. The van der Waals surface area contributed by atoms with Crippen molar-refractivity contribution in [2.75, 3.05) is 11.1 Å². The van der Waals surface area contributed by atoms with Crippen molar-refractivity contribution in [2.24, 2.45) is 0 Å². The molecular formula is C20H19Cl3N4O2S. The Morgan fingerprint density at radius 1 is 1.17 bits per heavy atom. The first kappa shape index (κ1) is 22.7. The lowest BCUT2D eigenvalue weighted by Gasteiger charge is -2.11. The maximum Gasteiger partial charge on any atom is 0.234 e. The van der Waals surface area contributed by atoms with Crippen molar-refractivity contribution >= 4 is 58.2 Å². The molecule has 1 amide bonds. The van der Waals surface area contributed by atoms with Crippen molar-refractivity contribution < 1.29 is 9.53 Å². The van der Waals surface area contributed by atoms with E-state index in [4.69, 9.17) is 39.5 Å². The Hall–Kier alpha value is -1.93. The SMILES string of the molecule is CCn1c(COc2ccc(Cl)cc2C)nnc1SCC(=O)Nc1c(Cl)cccc1Cl. The van der Waals surface area contributed by atoms with Crippen LogP contribution in [0.2, 0.25) is 15.1 Å². The van der Waals surface area contributed by atoms with Crippen LogP contribution in [0.1, 0.15) is 18.3 Å². The molecule has 0 aliphatic carbocycles. The normalized spacial score (nSPS) is 10.8. The Kier molecular flexibility index (Phi) is 7.88. The predicted octanol–water partition coefficient (Wildman–Crippen LogP) is 5.88. The summed E-state index contributed by atoms with van der Waals surface area (Å²) in [6.45, 7) is 4.81. The van der Waals surface area contributed by atoms with E-state index in [1.165, 1.54) is 11.8 Å². The fourth-order valence-electron chi connectivity index (χ4n) is 2.69. The summed E-state index contributed by atoms with van der Waals surface area (Å²) in [5, 5.41) is 13.2. The second-order valence-corrected chi connectivity index (χ2v) is 8.47. The second kappa shape index (κ2) is 10.4. The van der Waals surface area contributed by atoms with Gasteiger partial charge in [-0.1, -0.05) is 52.6 Å². The van der Waals surface area contributed by atoms with Gasteiger partial charge in [-0.3, -0.25) is 4.79 Å². The summed E-state index contributed by atoms with van der Waals surface area (Å²) < 4.78 is 7.77. The number of hydrogen-bond donors (Lipinski definition) is 1. The lowest BCUT2D eigenvalue weighted by molar-refractivity contribution is -0.113. The molecule has 3 aromatic rings. The molecule has 158 valence electrons. The number of halogens is 3. The summed E-state index contributed by atoms with van der Waals surface area (Å²) in [7, 11) is 0. The molecule has 0 unspecified atom stereocenters. The highest BCUT2D eigenvalue weighted by molar-refractivity contribution is 7.99. The fourth-order valence-corrected chi connectivity index (χ4v) is 4.23. The number of nitrogens with zero attached hydrogens (tertiary/aromatic N) is 3. The predicted molar refractivity (Wildman–Crippen MR) is 122 cm³/mol. The van der Waals surface area contributed by atoms with E-state index in [-0.39, 0.29) is 18.3 Å². The number of nitrogens with one attached hydrogen (secondary N) is 1. The highest BCUT2D eigenvalue weighted by atomic mass is 35.5. The third-order valence-corrected chi connectivity index (χ3v) is 5.99. The Morgan fingerprint density at radius 2 is 1.90 bits per heavy atom. The number of carbonyl (C=O) groups is 1. The summed E-state index contributed by atoms with van der Waals surface area (Å²) in [5.74, 6) is 1.30. The van der Waals surface area contributed by atoms with Gasteiger partial charge in [0.2, 0.25) is 5.91 Å². The van der Waals surface area contributed by atoms with E-state index < -0.39 is 0 Å². The first-order valence-corrected chi connectivity index (χ1v) is 11.2. The van der Waals surface area contributed by atoms with Crippen LogP contribution in [0.3, 0.4) is 0 Å². The number of ether oxygens (including phenoxy) is 1. The number of benzene rings is 2. The molecule has 1 heterocycles. The Morgan fingerprint density at radius 3 is 2.57 bits per heavy atom. The van der Waals surface area contributed by atoms with Crippen LogP contribution in [0.25, 0.3) is 0 Å². The monoisotopic (exact) mass is 484 g/mol. The quantitative estimate of drug-likeness (QED) is 0.404. The highest BCUT2D eigenvalue weighted by Gasteiger charge is 2.15. The number of aryl methyl sites for hydroxylation is 1. The van der Waals surface area contributed by atoms with Gasteiger partial charge in [-0.25, -0.2) is 0 Å². The summed E-state index contributed by atoms with van der Waals surface area (Å²) >= 11 is 19.4. The van der Waals surface area contributed by atoms with Gasteiger partial charge in [-0.05, 0) is 49.7 Å². The van der Waals surface area contributed by atoms with Crippen molar-refractivity contribution in [3.05, 3.63) is 62.9 Å². The molecule has 3 rings (SSSR count). The molecule has 0 fully saturated rings. The molecule has 30 heavy (non-hydrogen) atoms. The molecule has 0 radical (unpaired) electrons. The van der Waals surface area contributed by atoms with Crippen molar-refractivity contribution in [1.82, 2.24) is 14.8 Å². The highest BCUT2D eigenvalue weighted by Crippen LogP contribution is 2.30. The zero-order chi connectivity index (χ0) is 21.7. The van der Waals surface area contributed by atoms with E-state index in [2.05, 4.69) is 15.5 Å². The van der Waals surface area contributed by atoms with E-state index >= 15 is 0 Å². The van der Waals surface area contributed by atoms with Gasteiger partial charge in [0, 0.05) is 11.6 Å². The summed E-state index contributed by atoms with van der Waals surface area (Å²) in [6, 6.07) is 10.5. The molecule has 0 aliphatic heterocycles. The van der Waals surface area contributed by atoms with Gasteiger partial charge < -0.3 is 14.6 Å². The third kappa shape index (κ3) is 5.60. The van der Waals surface area contributed by atoms with Crippen LogP contribution in [-0.4, -0.2) is 26.4 Å². The number of amides is 1. The number of rotatable bonds is 8. The van der Waals surface area contributed by atoms with Crippen molar-refractivity contribution in [3.8, 4) is 5.75 Å². The Balaban J connectivity index is 1.62. The van der Waals surface area contributed by atoms with Crippen molar-refractivity contribution in [1.29, 1.82) is 0 Å². The first-order valence-electron chi connectivity index (χ1n) is 9.06. The summed E-state index contributed by atoms with van der Waals surface area (Å²) in [5.41, 5.74) is 1.34. The van der Waals surface area contributed by atoms with Crippen LogP contribution >= 0.6 is 46.6 Å². The average Bonchev–Trinajstić information content (AvgIpc) is 3.10. The zero-order valence-electron chi connectivity index (χ0n) is 16.3. The molecule has 0 saturated carbocycles. The lowest BCUT2D eigenvalue weighted by Crippen LogP contribution is -2.15. The van der Waals surface area contributed by atoms with Gasteiger partial charge in [-0.2, -0.15) is 0 Å². The molecular weight excluding hydrogens is 467 g/mol. The van der Waals surface area contributed by atoms with Gasteiger partial charge in [0.05, 0.1) is 21.5 Å². The number of carbonyl (C=O) groups excluding carboxylic acids is 1. The molecule has 0 aliphatic rings. The molecule has 0 bridgehead atoms. The van der Waals surface area contributed by atoms with E-state index in [9.17, 15) is 4.79 Å². The lowest BCUT2D eigenvalue weighted by atomic mass is 10.2. The average molecular weight is 486 g/mol. The first-order chi connectivity index (χ1) is 14.4. The van der Waals surface area contributed by atoms with E-state index in [1.54, 1.807) is 24.3 Å². The van der Waals surface area contributed by atoms with Gasteiger partial charge in [0.15, 0.2) is 11.0 Å². The second-order valence-electron chi connectivity index (χ2n) is 6.28. The van der Waals surface area contributed by atoms with Crippen molar-refractivity contribution in [3.63, 3.8) is 0 Å². The van der Waals surface area contributed by atoms with E-state index in [0.717, 1.165) is 11.3 Å². The van der Waals surface area contributed by atoms with Crippen LogP contribution in [0.15, 0.2) is 41.6 Å². The smallest absolute Gasteiger partial charge is 0.234 e. The van der Waals surface area contributed by atoms with Crippen LogP contribution in [0, 0.1) is 6.92 Å². The summed E-state index contributed by atoms with van der Waals surface area (Å²) in [4.78, 5) is 12.3.